The SMILES string of the molecule is Cc1cc(-c2nccn2C)nc([C@H]2CCCN(C(=O)c3cccc(F)c3)C2)n1. The summed E-state index contributed by atoms with van der Waals surface area (Å²) in [6, 6.07) is 7.76. The maximum Gasteiger partial charge on any atom is 0.253 e. The van der Waals surface area contributed by atoms with Gasteiger partial charge in [0.2, 0.25) is 0 Å². The van der Waals surface area contributed by atoms with Crippen molar-refractivity contribution in [3.63, 3.8) is 0 Å². The third-order valence-electron chi connectivity index (χ3n) is 5.07. The van der Waals surface area contributed by atoms with Crippen molar-refractivity contribution in [2.24, 2.45) is 7.05 Å². The number of aryl methyl sites for hydroxylation is 2. The van der Waals surface area contributed by atoms with Crippen LogP contribution in [0.3, 0.4) is 0 Å². The second kappa shape index (κ2) is 7.50. The predicted molar refractivity (Wildman–Crippen MR) is 103 cm³/mol. The molecule has 0 spiro atoms. The fourth-order valence-electron chi connectivity index (χ4n) is 3.68. The molecule has 144 valence electrons. The molecule has 1 aliphatic heterocycles. The highest BCUT2D eigenvalue weighted by atomic mass is 19.1. The van der Waals surface area contributed by atoms with Gasteiger partial charge in [-0.25, -0.2) is 19.3 Å². The molecule has 3 heterocycles. The Morgan fingerprint density at radius 1 is 1.25 bits per heavy atom. The molecule has 4 rings (SSSR count). The molecule has 6 nitrogen and oxygen atoms in total. The monoisotopic (exact) mass is 379 g/mol. The van der Waals surface area contributed by atoms with Crippen LogP contribution in [0.4, 0.5) is 4.39 Å². The van der Waals surface area contributed by atoms with E-state index in [1.807, 2.05) is 30.8 Å². The van der Waals surface area contributed by atoms with Crippen molar-refractivity contribution in [2.75, 3.05) is 13.1 Å². The highest BCUT2D eigenvalue weighted by molar-refractivity contribution is 5.94. The van der Waals surface area contributed by atoms with Gasteiger partial charge in [0.25, 0.3) is 5.91 Å². The topological polar surface area (TPSA) is 63.9 Å². The van der Waals surface area contributed by atoms with Crippen LogP contribution < -0.4 is 0 Å². The van der Waals surface area contributed by atoms with Crippen molar-refractivity contribution >= 4 is 5.91 Å². The van der Waals surface area contributed by atoms with Gasteiger partial charge in [-0.2, -0.15) is 0 Å². The normalized spacial score (nSPS) is 17.0. The zero-order valence-electron chi connectivity index (χ0n) is 16.0. The van der Waals surface area contributed by atoms with Crippen LogP contribution in [-0.2, 0) is 7.05 Å². The summed E-state index contributed by atoms with van der Waals surface area (Å²) in [6.45, 7) is 3.12. The standard InChI is InChI=1S/C21H22FN5O/c1-14-11-18(20-23-8-10-26(20)2)25-19(24-14)16-6-4-9-27(13-16)21(28)15-5-3-7-17(22)12-15/h3,5,7-8,10-12,16H,4,6,9,13H2,1-2H3/t16-/m0/s1. The maximum atomic E-state index is 13.5. The van der Waals surface area contributed by atoms with Gasteiger partial charge < -0.3 is 9.47 Å². The van der Waals surface area contributed by atoms with E-state index in [0.717, 1.165) is 35.9 Å². The Morgan fingerprint density at radius 3 is 2.86 bits per heavy atom. The summed E-state index contributed by atoms with van der Waals surface area (Å²) in [5.74, 6) is 1.01. The lowest BCUT2D eigenvalue weighted by molar-refractivity contribution is 0.0704. The molecule has 1 saturated heterocycles. The van der Waals surface area contributed by atoms with Crippen LogP contribution in [0, 0.1) is 12.7 Å². The lowest BCUT2D eigenvalue weighted by atomic mass is 9.96. The Balaban J connectivity index is 1.59. The van der Waals surface area contributed by atoms with Crippen molar-refractivity contribution in [3.8, 4) is 11.5 Å². The molecule has 1 amide bonds. The van der Waals surface area contributed by atoms with E-state index < -0.39 is 5.82 Å². The van der Waals surface area contributed by atoms with Crippen molar-refractivity contribution in [3.05, 3.63) is 65.6 Å². The summed E-state index contributed by atoms with van der Waals surface area (Å²) in [4.78, 5) is 28.3. The average molecular weight is 379 g/mol. The van der Waals surface area contributed by atoms with E-state index in [-0.39, 0.29) is 11.8 Å². The molecule has 0 bridgehead atoms. The maximum absolute atomic E-state index is 13.5. The molecule has 28 heavy (non-hydrogen) atoms. The molecule has 2 aromatic heterocycles. The van der Waals surface area contributed by atoms with Crippen LogP contribution in [0.25, 0.3) is 11.5 Å². The Hall–Kier alpha value is -3.09. The van der Waals surface area contributed by atoms with Gasteiger partial charge >= 0.3 is 0 Å². The zero-order valence-corrected chi connectivity index (χ0v) is 16.0. The minimum Gasteiger partial charge on any atom is -0.338 e. The lowest BCUT2D eigenvalue weighted by Gasteiger charge is -2.32. The van der Waals surface area contributed by atoms with Crippen molar-refractivity contribution in [1.82, 2.24) is 24.4 Å². The molecule has 1 atom stereocenters. The number of benzene rings is 1. The molecule has 1 aliphatic rings. The molecular weight excluding hydrogens is 357 g/mol. The summed E-state index contributed by atoms with van der Waals surface area (Å²) in [6.07, 6.45) is 5.40. The molecule has 7 heteroatoms. The van der Waals surface area contributed by atoms with Crippen LogP contribution >= 0.6 is 0 Å². The predicted octanol–water partition coefficient (Wildman–Crippen LogP) is 3.34. The third kappa shape index (κ3) is 3.65. The fourth-order valence-corrected chi connectivity index (χ4v) is 3.68. The molecular formula is C21H22FN5O. The quantitative estimate of drug-likeness (QED) is 0.700. The van der Waals surface area contributed by atoms with E-state index in [1.54, 1.807) is 23.2 Å². The Morgan fingerprint density at radius 2 is 2.11 bits per heavy atom. The first-order chi connectivity index (χ1) is 13.5. The number of nitrogens with zero attached hydrogens (tertiary/aromatic N) is 5. The smallest absolute Gasteiger partial charge is 0.253 e. The summed E-state index contributed by atoms with van der Waals surface area (Å²) >= 11 is 0. The van der Waals surface area contributed by atoms with Crippen LogP contribution in [0.5, 0.6) is 0 Å². The van der Waals surface area contributed by atoms with Gasteiger partial charge in [-0.15, -0.1) is 0 Å². The van der Waals surface area contributed by atoms with Crippen molar-refractivity contribution in [2.45, 2.75) is 25.7 Å². The van der Waals surface area contributed by atoms with E-state index in [0.29, 0.717) is 18.7 Å². The Labute approximate surface area is 163 Å². The number of piperidine rings is 1. The number of hydrogen-bond donors (Lipinski definition) is 0. The average Bonchev–Trinajstić information content (AvgIpc) is 3.13. The van der Waals surface area contributed by atoms with Crippen molar-refractivity contribution in [1.29, 1.82) is 0 Å². The number of amides is 1. The summed E-state index contributed by atoms with van der Waals surface area (Å²) in [5.41, 5.74) is 2.03. The number of carbonyl (C=O) groups excluding carboxylic acids is 1. The number of rotatable bonds is 3. The molecule has 0 aliphatic carbocycles. The van der Waals surface area contributed by atoms with Crippen LogP contribution in [0.2, 0.25) is 0 Å². The van der Waals surface area contributed by atoms with E-state index in [4.69, 9.17) is 4.98 Å². The van der Waals surface area contributed by atoms with E-state index >= 15 is 0 Å². The number of aromatic nitrogens is 4. The van der Waals surface area contributed by atoms with E-state index in [9.17, 15) is 9.18 Å². The molecule has 0 unspecified atom stereocenters. The van der Waals surface area contributed by atoms with E-state index in [2.05, 4.69) is 9.97 Å². The highest BCUT2D eigenvalue weighted by Gasteiger charge is 2.28. The number of imidazole rings is 1. The van der Waals surface area contributed by atoms with Crippen LogP contribution in [0.1, 0.15) is 40.6 Å². The number of carbonyl (C=O) groups is 1. The van der Waals surface area contributed by atoms with Crippen LogP contribution in [0.15, 0.2) is 42.7 Å². The van der Waals surface area contributed by atoms with Gasteiger partial charge in [-0.05, 0) is 44.0 Å². The molecule has 0 saturated carbocycles. The third-order valence-corrected chi connectivity index (χ3v) is 5.07. The van der Waals surface area contributed by atoms with Gasteiger partial charge in [0.15, 0.2) is 5.82 Å². The largest absolute Gasteiger partial charge is 0.338 e. The van der Waals surface area contributed by atoms with Gasteiger partial charge in [0, 0.05) is 49.7 Å². The lowest BCUT2D eigenvalue weighted by Crippen LogP contribution is -2.39. The Kier molecular flexibility index (Phi) is 4.90. The molecule has 1 fully saturated rings. The molecule has 0 radical (unpaired) electrons. The minimum absolute atomic E-state index is 0.0465. The highest BCUT2D eigenvalue weighted by Crippen LogP contribution is 2.27. The second-order valence-corrected chi connectivity index (χ2v) is 7.22. The first-order valence-corrected chi connectivity index (χ1v) is 9.39. The molecule has 1 aromatic carbocycles. The fraction of sp³-hybridized carbons (Fsp3) is 0.333. The summed E-state index contributed by atoms with van der Waals surface area (Å²) < 4.78 is 15.4. The van der Waals surface area contributed by atoms with Gasteiger partial charge in [0.05, 0.1) is 0 Å². The molecule has 3 aromatic rings. The van der Waals surface area contributed by atoms with E-state index in [1.165, 1.54) is 12.1 Å². The summed E-state index contributed by atoms with van der Waals surface area (Å²) in [5, 5.41) is 0. The number of hydrogen-bond acceptors (Lipinski definition) is 4. The van der Waals surface area contributed by atoms with Crippen LogP contribution in [-0.4, -0.2) is 43.4 Å². The number of halogens is 1. The Bertz CT molecular complexity index is 1020. The number of likely N-dealkylation sites (tertiary alicyclic amines) is 1. The van der Waals surface area contributed by atoms with Gasteiger partial charge in [-0.1, -0.05) is 6.07 Å². The zero-order chi connectivity index (χ0) is 19.7. The molecule has 0 N–H and O–H groups in total. The van der Waals surface area contributed by atoms with Gasteiger partial charge in [0.1, 0.15) is 17.3 Å². The first-order valence-electron chi connectivity index (χ1n) is 9.39. The van der Waals surface area contributed by atoms with Crippen molar-refractivity contribution < 1.29 is 9.18 Å². The minimum atomic E-state index is -0.402. The first kappa shape index (κ1) is 18.3. The van der Waals surface area contributed by atoms with Gasteiger partial charge in [-0.3, -0.25) is 4.79 Å². The second-order valence-electron chi connectivity index (χ2n) is 7.22. The summed E-state index contributed by atoms with van der Waals surface area (Å²) in [7, 11) is 1.93.